The summed E-state index contributed by atoms with van der Waals surface area (Å²) in [7, 11) is 0. The molecular weight excluding hydrogens is 240 g/mol. The lowest BCUT2D eigenvalue weighted by molar-refractivity contribution is 0.197. The van der Waals surface area contributed by atoms with Gasteiger partial charge in [0.1, 0.15) is 11.5 Å². The topological polar surface area (TPSA) is 63.8 Å². The molecule has 5 nitrogen and oxygen atoms in total. The first-order chi connectivity index (χ1) is 8.00. The molecule has 2 aromatic rings. The summed E-state index contributed by atoms with van der Waals surface area (Å²) in [6, 6.07) is 1.63. The second-order valence-electron chi connectivity index (χ2n) is 3.87. The smallest absolute Gasteiger partial charge is 0.158 e. The summed E-state index contributed by atoms with van der Waals surface area (Å²) in [4.78, 5) is 7.93. The summed E-state index contributed by atoms with van der Waals surface area (Å²) in [6.07, 6.45) is 0.831. The molecule has 2 rings (SSSR count). The summed E-state index contributed by atoms with van der Waals surface area (Å²) in [5.74, 6) is 0.595. The third kappa shape index (κ3) is 2.16. The lowest BCUT2D eigenvalue weighted by atomic mass is 10.1. The maximum absolute atomic E-state index is 9.69. The van der Waals surface area contributed by atoms with E-state index < -0.39 is 6.10 Å². The fourth-order valence-corrected chi connectivity index (χ4v) is 2.06. The number of hydrogen-bond acceptors (Lipinski definition) is 4. The number of aliphatic hydroxyl groups is 1. The Balaban J connectivity index is 2.58. The lowest BCUT2D eigenvalue weighted by Crippen LogP contribution is -2.03. The van der Waals surface area contributed by atoms with Crippen LogP contribution in [0.25, 0.3) is 5.82 Å². The van der Waals surface area contributed by atoms with Gasteiger partial charge in [-0.25, -0.2) is 14.6 Å². The fraction of sp³-hybridized carbons (Fsp3) is 0.364. The van der Waals surface area contributed by atoms with Crippen molar-refractivity contribution in [3.63, 3.8) is 0 Å². The molecule has 0 aromatic carbocycles. The number of halogens is 1. The average Bonchev–Trinajstić information content (AvgIpc) is 2.54. The minimum atomic E-state index is -0.555. The van der Waals surface area contributed by atoms with Crippen LogP contribution in [0.3, 0.4) is 0 Å². The molecule has 0 amide bonds. The molecular formula is C11H13ClN4O. The highest BCUT2D eigenvalue weighted by molar-refractivity contribution is 6.29. The molecule has 0 aliphatic heterocycles. The van der Waals surface area contributed by atoms with E-state index in [9.17, 15) is 5.11 Å². The molecule has 17 heavy (non-hydrogen) atoms. The molecule has 0 aliphatic carbocycles. The van der Waals surface area contributed by atoms with Crippen molar-refractivity contribution in [3.8, 4) is 5.82 Å². The molecule has 6 heteroatoms. The first-order valence-electron chi connectivity index (χ1n) is 5.22. The first kappa shape index (κ1) is 12.0. The predicted octanol–water partition coefficient (Wildman–Crippen LogP) is 1.99. The molecule has 1 N–H and O–H groups in total. The Bertz CT molecular complexity index is 550. The van der Waals surface area contributed by atoms with Crippen LogP contribution in [0.4, 0.5) is 0 Å². The number of aliphatic hydroxyl groups excluding tert-OH is 1. The van der Waals surface area contributed by atoms with Gasteiger partial charge < -0.3 is 5.11 Å². The molecule has 0 fully saturated rings. The number of nitrogens with zero attached hydrogens (tertiary/aromatic N) is 4. The fourth-order valence-electron chi connectivity index (χ4n) is 1.92. The molecule has 0 spiro atoms. The third-order valence-corrected chi connectivity index (χ3v) is 2.81. The summed E-state index contributed by atoms with van der Waals surface area (Å²) >= 11 is 5.81. The highest BCUT2D eigenvalue weighted by Crippen LogP contribution is 2.23. The summed E-state index contributed by atoms with van der Waals surface area (Å²) < 4.78 is 1.66. The van der Waals surface area contributed by atoms with Gasteiger partial charge in [-0.05, 0) is 20.8 Å². The number of rotatable bonds is 2. The van der Waals surface area contributed by atoms with Crippen LogP contribution < -0.4 is 0 Å². The van der Waals surface area contributed by atoms with Crippen molar-refractivity contribution >= 4 is 11.6 Å². The Labute approximate surface area is 104 Å². The zero-order valence-corrected chi connectivity index (χ0v) is 10.6. The van der Waals surface area contributed by atoms with Crippen LogP contribution in [-0.2, 0) is 0 Å². The molecule has 0 radical (unpaired) electrons. The first-order valence-corrected chi connectivity index (χ1v) is 5.60. The summed E-state index contributed by atoms with van der Waals surface area (Å²) in [6.45, 7) is 5.46. The maximum Gasteiger partial charge on any atom is 0.158 e. The van der Waals surface area contributed by atoms with Gasteiger partial charge in [0.2, 0.25) is 0 Å². The van der Waals surface area contributed by atoms with Crippen molar-refractivity contribution in [2.75, 3.05) is 0 Å². The van der Waals surface area contributed by atoms with Crippen LogP contribution in [-0.4, -0.2) is 24.9 Å². The Morgan fingerprint density at radius 2 is 2.06 bits per heavy atom. The van der Waals surface area contributed by atoms with Crippen LogP contribution >= 0.6 is 11.6 Å². The van der Waals surface area contributed by atoms with Crippen molar-refractivity contribution in [1.82, 2.24) is 19.7 Å². The second-order valence-corrected chi connectivity index (χ2v) is 4.26. The van der Waals surface area contributed by atoms with Gasteiger partial charge in [-0.2, -0.15) is 5.10 Å². The van der Waals surface area contributed by atoms with Crippen molar-refractivity contribution < 1.29 is 5.11 Å². The van der Waals surface area contributed by atoms with Gasteiger partial charge >= 0.3 is 0 Å². The zero-order chi connectivity index (χ0) is 12.6. The van der Waals surface area contributed by atoms with E-state index in [0.29, 0.717) is 11.0 Å². The van der Waals surface area contributed by atoms with Crippen LogP contribution in [0, 0.1) is 13.8 Å². The van der Waals surface area contributed by atoms with E-state index >= 15 is 0 Å². The van der Waals surface area contributed by atoms with Crippen LogP contribution in [0.2, 0.25) is 5.15 Å². The Morgan fingerprint density at radius 3 is 2.59 bits per heavy atom. The highest BCUT2D eigenvalue weighted by Gasteiger charge is 2.17. The summed E-state index contributed by atoms with van der Waals surface area (Å²) in [5.41, 5.74) is 2.46. The van der Waals surface area contributed by atoms with Gasteiger partial charge in [-0.1, -0.05) is 11.6 Å². The molecule has 90 valence electrons. The minimum absolute atomic E-state index is 0.362. The van der Waals surface area contributed by atoms with Gasteiger partial charge in [-0.15, -0.1) is 0 Å². The molecule has 2 aromatic heterocycles. The predicted molar refractivity (Wildman–Crippen MR) is 64.3 cm³/mol. The Kier molecular flexibility index (Phi) is 3.13. The third-order valence-electron chi connectivity index (χ3n) is 2.60. The molecule has 0 bridgehead atoms. The average molecular weight is 253 g/mol. The monoisotopic (exact) mass is 252 g/mol. The highest BCUT2D eigenvalue weighted by atomic mass is 35.5. The van der Waals surface area contributed by atoms with E-state index in [1.165, 1.54) is 6.33 Å². The van der Waals surface area contributed by atoms with E-state index in [1.807, 2.05) is 13.8 Å². The number of aryl methyl sites for hydroxylation is 1. The Morgan fingerprint density at radius 1 is 1.35 bits per heavy atom. The molecule has 2 heterocycles. The van der Waals surface area contributed by atoms with E-state index in [4.69, 9.17) is 11.6 Å². The largest absolute Gasteiger partial charge is 0.389 e. The van der Waals surface area contributed by atoms with E-state index in [1.54, 1.807) is 17.7 Å². The van der Waals surface area contributed by atoms with Gasteiger partial charge in [0.25, 0.3) is 0 Å². The number of hydrogen-bond donors (Lipinski definition) is 1. The molecule has 0 aliphatic rings. The molecule has 0 saturated heterocycles. The van der Waals surface area contributed by atoms with Crippen molar-refractivity contribution in [1.29, 1.82) is 0 Å². The normalized spacial score (nSPS) is 12.8. The lowest BCUT2D eigenvalue weighted by Gasteiger charge is -2.06. The summed E-state index contributed by atoms with van der Waals surface area (Å²) in [5, 5.41) is 14.4. The van der Waals surface area contributed by atoms with Gasteiger partial charge in [-0.3, -0.25) is 0 Å². The maximum atomic E-state index is 9.69. The van der Waals surface area contributed by atoms with Crippen molar-refractivity contribution in [3.05, 3.63) is 34.5 Å². The zero-order valence-electron chi connectivity index (χ0n) is 9.85. The van der Waals surface area contributed by atoms with E-state index in [-0.39, 0.29) is 0 Å². The second kappa shape index (κ2) is 4.43. The van der Waals surface area contributed by atoms with Gasteiger partial charge in [0.05, 0.1) is 11.8 Å². The van der Waals surface area contributed by atoms with Gasteiger partial charge in [0, 0.05) is 17.3 Å². The molecule has 1 unspecified atom stereocenters. The molecule has 1 atom stereocenters. The van der Waals surface area contributed by atoms with Crippen LogP contribution in [0.15, 0.2) is 12.4 Å². The quantitative estimate of drug-likeness (QED) is 0.831. The van der Waals surface area contributed by atoms with Crippen LogP contribution in [0.5, 0.6) is 0 Å². The van der Waals surface area contributed by atoms with Crippen molar-refractivity contribution in [2.45, 2.75) is 26.9 Å². The van der Waals surface area contributed by atoms with Crippen LogP contribution in [0.1, 0.15) is 30.0 Å². The van der Waals surface area contributed by atoms with Crippen molar-refractivity contribution in [2.24, 2.45) is 0 Å². The van der Waals surface area contributed by atoms with Gasteiger partial charge in [0.15, 0.2) is 5.82 Å². The molecule has 0 saturated carbocycles. The van der Waals surface area contributed by atoms with E-state index in [0.717, 1.165) is 17.0 Å². The van der Waals surface area contributed by atoms with E-state index in [2.05, 4.69) is 15.1 Å². The number of aromatic nitrogens is 4. The SMILES string of the molecule is Cc1nn(-c2cc(Cl)ncn2)c(C)c1C(C)O. The standard InChI is InChI=1S/C11H13ClN4O/c1-6-11(8(3)17)7(2)16(15-6)10-4-9(12)13-5-14-10/h4-5,8,17H,1-3H3. The minimum Gasteiger partial charge on any atom is -0.389 e. The Hall–Kier alpha value is -1.46.